The van der Waals surface area contributed by atoms with Gasteiger partial charge < -0.3 is 9.84 Å². The molecule has 1 aliphatic heterocycles. The van der Waals surface area contributed by atoms with Crippen molar-refractivity contribution in [3.63, 3.8) is 0 Å². The SMILES string of the molecule is O=C(O)CC1COCCN1S(=O)(=O)c1cc(Br)ccc1Br. The molecule has 0 saturated carbocycles. The fourth-order valence-corrected chi connectivity index (χ4v) is 5.18. The average molecular weight is 443 g/mol. The van der Waals surface area contributed by atoms with Crippen LogP contribution in [-0.2, 0) is 19.6 Å². The number of aliphatic carboxylic acids is 1. The van der Waals surface area contributed by atoms with Crippen LogP contribution in [0.1, 0.15) is 6.42 Å². The first-order chi connectivity index (χ1) is 9.82. The molecule has 21 heavy (non-hydrogen) atoms. The van der Waals surface area contributed by atoms with E-state index < -0.39 is 22.0 Å². The third-order valence-electron chi connectivity index (χ3n) is 3.06. The third-order valence-corrected chi connectivity index (χ3v) is 6.50. The minimum absolute atomic E-state index is 0.0805. The van der Waals surface area contributed by atoms with Crippen LogP contribution in [0.2, 0.25) is 0 Å². The van der Waals surface area contributed by atoms with Gasteiger partial charge in [-0.1, -0.05) is 15.9 Å². The van der Waals surface area contributed by atoms with Crippen LogP contribution in [0.5, 0.6) is 0 Å². The van der Waals surface area contributed by atoms with Crippen molar-refractivity contribution >= 4 is 47.9 Å². The first kappa shape index (κ1) is 16.9. The molecule has 1 heterocycles. The smallest absolute Gasteiger partial charge is 0.305 e. The lowest BCUT2D eigenvalue weighted by atomic mass is 10.2. The van der Waals surface area contributed by atoms with Crippen molar-refractivity contribution in [1.29, 1.82) is 0 Å². The molecule has 1 aromatic carbocycles. The van der Waals surface area contributed by atoms with Gasteiger partial charge in [0, 0.05) is 15.5 Å². The highest BCUT2D eigenvalue weighted by Gasteiger charge is 2.36. The molecule has 1 aromatic rings. The molecule has 0 aromatic heterocycles. The monoisotopic (exact) mass is 441 g/mol. The molecular formula is C12H13Br2NO5S. The van der Waals surface area contributed by atoms with Crippen molar-refractivity contribution in [1.82, 2.24) is 4.31 Å². The Labute approximate surface area is 139 Å². The number of ether oxygens (including phenoxy) is 1. The number of sulfonamides is 1. The van der Waals surface area contributed by atoms with Gasteiger partial charge in [0.1, 0.15) is 0 Å². The van der Waals surface area contributed by atoms with E-state index in [4.69, 9.17) is 9.84 Å². The van der Waals surface area contributed by atoms with E-state index in [2.05, 4.69) is 31.9 Å². The predicted molar refractivity (Wildman–Crippen MR) is 82.6 cm³/mol. The van der Waals surface area contributed by atoms with Crippen molar-refractivity contribution in [2.45, 2.75) is 17.4 Å². The zero-order chi connectivity index (χ0) is 15.6. The topological polar surface area (TPSA) is 83.9 Å². The highest BCUT2D eigenvalue weighted by atomic mass is 79.9. The Kier molecular flexibility index (Phi) is 5.42. The Morgan fingerprint density at radius 2 is 2.14 bits per heavy atom. The molecule has 1 N–H and O–H groups in total. The van der Waals surface area contributed by atoms with Gasteiger partial charge in [0.15, 0.2) is 0 Å². The number of carboxylic acids is 1. The first-order valence-corrected chi connectivity index (χ1v) is 9.11. The van der Waals surface area contributed by atoms with E-state index >= 15 is 0 Å². The lowest BCUT2D eigenvalue weighted by molar-refractivity contribution is -0.139. The van der Waals surface area contributed by atoms with Crippen LogP contribution in [0, 0.1) is 0 Å². The summed E-state index contributed by atoms with van der Waals surface area (Å²) in [6.07, 6.45) is -0.287. The summed E-state index contributed by atoms with van der Waals surface area (Å²) in [6, 6.07) is 4.14. The molecule has 0 radical (unpaired) electrons. The molecule has 0 amide bonds. The Balaban J connectivity index is 2.40. The summed E-state index contributed by atoms with van der Waals surface area (Å²) in [6.45, 7) is 0.470. The summed E-state index contributed by atoms with van der Waals surface area (Å²) in [5.41, 5.74) is 0. The summed E-state index contributed by atoms with van der Waals surface area (Å²) < 4.78 is 33.0. The normalized spacial score (nSPS) is 20.4. The number of hydrogen-bond donors (Lipinski definition) is 1. The number of hydrogen-bond acceptors (Lipinski definition) is 4. The van der Waals surface area contributed by atoms with Gasteiger partial charge in [0.25, 0.3) is 0 Å². The van der Waals surface area contributed by atoms with Gasteiger partial charge in [-0.2, -0.15) is 4.31 Å². The average Bonchev–Trinajstić information content (AvgIpc) is 2.41. The van der Waals surface area contributed by atoms with Gasteiger partial charge in [-0.3, -0.25) is 4.79 Å². The molecule has 2 rings (SSSR count). The maximum Gasteiger partial charge on any atom is 0.305 e. The Bertz CT molecular complexity index is 649. The van der Waals surface area contributed by atoms with Crippen molar-refractivity contribution in [3.05, 3.63) is 27.1 Å². The summed E-state index contributed by atoms with van der Waals surface area (Å²) in [5.74, 6) is -1.06. The Morgan fingerprint density at radius 1 is 1.43 bits per heavy atom. The van der Waals surface area contributed by atoms with Gasteiger partial charge in [-0.25, -0.2) is 8.42 Å². The van der Waals surface area contributed by atoms with E-state index in [-0.39, 0.29) is 31.1 Å². The summed E-state index contributed by atoms with van der Waals surface area (Å²) >= 11 is 6.48. The molecule has 1 fully saturated rings. The number of benzene rings is 1. The van der Waals surface area contributed by atoms with Gasteiger partial charge in [0.2, 0.25) is 10.0 Å². The second-order valence-electron chi connectivity index (χ2n) is 4.52. The van der Waals surface area contributed by atoms with Crippen LogP contribution >= 0.6 is 31.9 Å². The number of rotatable bonds is 4. The minimum atomic E-state index is -3.80. The quantitative estimate of drug-likeness (QED) is 0.771. The van der Waals surface area contributed by atoms with Crippen LogP contribution in [0.25, 0.3) is 0 Å². The first-order valence-electron chi connectivity index (χ1n) is 6.09. The minimum Gasteiger partial charge on any atom is -0.481 e. The molecule has 116 valence electrons. The summed E-state index contributed by atoms with van der Waals surface area (Å²) in [7, 11) is -3.80. The molecule has 0 bridgehead atoms. The van der Waals surface area contributed by atoms with E-state index in [0.717, 1.165) is 0 Å². The fraction of sp³-hybridized carbons (Fsp3) is 0.417. The molecule has 1 saturated heterocycles. The van der Waals surface area contributed by atoms with Crippen molar-refractivity contribution < 1.29 is 23.1 Å². The van der Waals surface area contributed by atoms with Crippen LogP contribution in [0.3, 0.4) is 0 Å². The zero-order valence-corrected chi connectivity index (χ0v) is 14.8. The second-order valence-corrected chi connectivity index (χ2v) is 8.15. The van der Waals surface area contributed by atoms with Crippen LogP contribution < -0.4 is 0 Å². The van der Waals surface area contributed by atoms with Gasteiger partial charge >= 0.3 is 5.97 Å². The number of morpholine rings is 1. The molecule has 1 unspecified atom stereocenters. The predicted octanol–water partition coefficient (Wildman–Crippen LogP) is 2.08. The van der Waals surface area contributed by atoms with Gasteiger partial charge in [0.05, 0.1) is 30.6 Å². The highest BCUT2D eigenvalue weighted by Crippen LogP contribution is 2.30. The van der Waals surface area contributed by atoms with E-state index in [1.54, 1.807) is 12.1 Å². The molecular weight excluding hydrogens is 430 g/mol. The molecule has 1 atom stereocenters. The largest absolute Gasteiger partial charge is 0.481 e. The molecule has 0 aliphatic carbocycles. The Morgan fingerprint density at radius 3 is 2.81 bits per heavy atom. The van der Waals surface area contributed by atoms with Crippen molar-refractivity contribution in [3.8, 4) is 0 Å². The number of carboxylic acid groups (broad SMARTS) is 1. The maximum absolute atomic E-state index is 12.8. The van der Waals surface area contributed by atoms with Crippen molar-refractivity contribution in [2.24, 2.45) is 0 Å². The maximum atomic E-state index is 12.8. The summed E-state index contributed by atoms with van der Waals surface area (Å²) in [4.78, 5) is 11.0. The highest BCUT2D eigenvalue weighted by molar-refractivity contribution is 9.11. The van der Waals surface area contributed by atoms with Crippen LogP contribution in [-0.4, -0.2) is 49.6 Å². The van der Waals surface area contributed by atoms with Crippen molar-refractivity contribution in [2.75, 3.05) is 19.8 Å². The van der Waals surface area contributed by atoms with E-state index in [1.165, 1.54) is 10.4 Å². The van der Waals surface area contributed by atoms with Crippen LogP contribution in [0.4, 0.5) is 0 Å². The number of halogens is 2. The lowest BCUT2D eigenvalue weighted by Crippen LogP contribution is -2.49. The molecule has 0 spiro atoms. The van der Waals surface area contributed by atoms with E-state index in [0.29, 0.717) is 8.95 Å². The lowest BCUT2D eigenvalue weighted by Gasteiger charge is -2.33. The number of nitrogens with zero attached hydrogens (tertiary/aromatic N) is 1. The second kappa shape index (κ2) is 6.74. The number of carbonyl (C=O) groups is 1. The Hall–Kier alpha value is -0.480. The van der Waals surface area contributed by atoms with Crippen LogP contribution in [0.15, 0.2) is 32.0 Å². The summed E-state index contributed by atoms with van der Waals surface area (Å²) in [5, 5.41) is 8.92. The molecule has 6 nitrogen and oxygen atoms in total. The molecule has 1 aliphatic rings. The van der Waals surface area contributed by atoms with E-state index in [9.17, 15) is 13.2 Å². The molecule has 9 heteroatoms. The standard InChI is InChI=1S/C12H13Br2NO5S/c13-8-1-2-10(14)11(5-8)21(18,19)15-3-4-20-7-9(15)6-12(16)17/h1-2,5,9H,3-4,6-7H2,(H,16,17). The van der Waals surface area contributed by atoms with Gasteiger partial charge in [-0.05, 0) is 34.1 Å². The van der Waals surface area contributed by atoms with E-state index in [1.807, 2.05) is 0 Å². The van der Waals surface area contributed by atoms with Gasteiger partial charge in [-0.15, -0.1) is 0 Å². The fourth-order valence-electron chi connectivity index (χ4n) is 2.12. The third kappa shape index (κ3) is 3.84. The zero-order valence-electron chi connectivity index (χ0n) is 10.8.